The van der Waals surface area contributed by atoms with E-state index in [0.29, 0.717) is 24.2 Å². The van der Waals surface area contributed by atoms with Gasteiger partial charge < -0.3 is 10.6 Å². The van der Waals surface area contributed by atoms with E-state index in [1.165, 1.54) is 0 Å². The third-order valence-corrected chi connectivity index (χ3v) is 3.60. The van der Waals surface area contributed by atoms with Crippen molar-refractivity contribution in [1.29, 1.82) is 0 Å². The molecule has 2 N–H and O–H groups in total. The van der Waals surface area contributed by atoms with E-state index in [1.54, 1.807) is 0 Å². The van der Waals surface area contributed by atoms with Gasteiger partial charge in [0.05, 0.1) is 6.54 Å². The fourth-order valence-electron chi connectivity index (χ4n) is 2.21. The van der Waals surface area contributed by atoms with E-state index >= 15 is 0 Å². The molecule has 1 aliphatic heterocycles. The molecule has 4 nitrogen and oxygen atoms in total. The summed E-state index contributed by atoms with van der Waals surface area (Å²) in [5.41, 5.74) is 1.02. The Morgan fingerprint density at radius 1 is 1.58 bits per heavy atom. The maximum absolute atomic E-state index is 11.9. The lowest BCUT2D eigenvalue weighted by molar-refractivity contribution is -0.123. The third kappa shape index (κ3) is 4.49. The maximum atomic E-state index is 11.9. The summed E-state index contributed by atoms with van der Waals surface area (Å²) in [4.78, 5) is 14.1. The molecule has 1 aliphatic rings. The maximum Gasteiger partial charge on any atom is 0.234 e. The molecule has 19 heavy (non-hydrogen) atoms. The van der Waals surface area contributed by atoms with Crippen LogP contribution < -0.4 is 10.6 Å². The van der Waals surface area contributed by atoms with Crippen molar-refractivity contribution in [3.8, 4) is 0 Å². The van der Waals surface area contributed by atoms with E-state index in [9.17, 15) is 4.79 Å². The molecular weight excluding hydrogens is 262 g/mol. The first-order valence-corrected chi connectivity index (χ1v) is 6.99. The lowest BCUT2D eigenvalue weighted by atomic mass is 10.2. The zero-order chi connectivity index (χ0) is 13.7. The number of piperazine rings is 1. The Hall–Kier alpha value is -1.10. The summed E-state index contributed by atoms with van der Waals surface area (Å²) in [6.45, 7) is 5.94. The van der Waals surface area contributed by atoms with Gasteiger partial charge in [-0.2, -0.15) is 0 Å². The summed E-state index contributed by atoms with van der Waals surface area (Å²) in [5, 5.41) is 6.94. The average molecular weight is 282 g/mol. The van der Waals surface area contributed by atoms with Gasteiger partial charge in [-0.3, -0.25) is 9.69 Å². The van der Waals surface area contributed by atoms with Crippen molar-refractivity contribution in [3.63, 3.8) is 0 Å². The molecule has 1 fully saturated rings. The molecule has 0 spiro atoms. The molecule has 1 aromatic rings. The standard InChI is InChI=1S/C14H20ClN3O/c1-11-8-16-5-6-18(11)10-14(19)17-9-12-3-2-4-13(15)7-12/h2-4,7,11,16H,5-6,8-10H2,1H3,(H,17,19)/t11-/m1/s1. The summed E-state index contributed by atoms with van der Waals surface area (Å²) in [5.74, 6) is 0.0636. The van der Waals surface area contributed by atoms with Gasteiger partial charge in [-0.25, -0.2) is 0 Å². The normalized spacial score (nSPS) is 20.2. The first kappa shape index (κ1) is 14.3. The summed E-state index contributed by atoms with van der Waals surface area (Å²) < 4.78 is 0. The van der Waals surface area contributed by atoms with Crippen LogP contribution in [0.25, 0.3) is 0 Å². The Kier molecular flexibility index (Phi) is 5.19. The molecule has 1 heterocycles. The zero-order valence-electron chi connectivity index (χ0n) is 11.2. The van der Waals surface area contributed by atoms with Crippen LogP contribution in [0.4, 0.5) is 0 Å². The number of nitrogens with zero attached hydrogens (tertiary/aromatic N) is 1. The molecule has 1 amide bonds. The molecule has 5 heteroatoms. The van der Waals surface area contributed by atoms with E-state index in [2.05, 4.69) is 22.5 Å². The van der Waals surface area contributed by atoms with E-state index in [1.807, 2.05) is 24.3 Å². The molecule has 104 valence electrons. The fraction of sp³-hybridized carbons (Fsp3) is 0.500. The van der Waals surface area contributed by atoms with Crippen LogP contribution in [0.2, 0.25) is 5.02 Å². The van der Waals surface area contributed by atoms with Gasteiger partial charge in [-0.05, 0) is 24.6 Å². The number of hydrogen-bond acceptors (Lipinski definition) is 3. The summed E-state index contributed by atoms with van der Waals surface area (Å²) in [6.07, 6.45) is 0. The highest BCUT2D eigenvalue weighted by Gasteiger charge is 2.19. The summed E-state index contributed by atoms with van der Waals surface area (Å²) >= 11 is 5.91. The largest absolute Gasteiger partial charge is 0.351 e. The van der Waals surface area contributed by atoms with Crippen molar-refractivity contribution in [2.45, 2.75) is 19.5 Å². The number of amides is 1. The van der Waals surface area contributed by atoms with Crippen LogP contribution in [0.5, 0.6) is 0 Å². The van der Waals surface area contributed by atoms with E-state index in [0.717, 1.165) is 25.2 Å². The highest BCUT2D eigenvalue weighted by Crippen LogP contribution is 2.10. The molecule has 0 bridgehead atoms. The second-order valence-electron chi connectivity index (χ2n) is 4.93. The molecule has 0 aromatic heterocycles. The van der Waals surface area contributed by atoms with Crippen LogP contribution in [-0.4, -0.2) is 43.0 Å². The minimum atomic E-state index is 0.0636. The minimum absolute atomic E-state index is 0.0636. The van der Waals surface area contributed by atoms with Crippen molar-refractivity contribution in [1.82, 2.24) is 15.5 Å². The Morgan fingerprint density at radius 3 is 3.16 bits per heavy atom. The van der Waals surface area contributed by atoms with Crippen LogP contribution in [0.15, 0.2) is 24.3 Å². The molecule has 1 saturated heterocycles. The van der Waals surface area contributed by atoms with Gasteiger partial charge in [0.15, 0.2) is 0 Å². The predicted molar refractivity (Wildman–Crippen MR) is 77.2 cm³/mol. The van der Waals surface area contributed by atoms with Crippen molar-refractivity contribution in [2.24, 2.45) is 0 Å². The van der Waals surface area contributed by atoms with Gasteiger partial charge in [0.1, 0.15) is 0 Å². The second kappa shape index (κ2) is 6.89. The van der Waals surface area contributed by atoms with Crippen molar-refractivity contribution in [3.05, 3.63) is 34.9 Å². The summed E-state index contributed by atoms with van der Waals surface area (Å²) in [6, 6.07) is 7.96. The Labute approximate surface area is 119 Å². The fourth-order valence-corrected chi connectivity index (χ4v) is 2.42. The van der Waals surface area contributed by atoms with E-state index in [4.69, 9.17) is 11.6 Å². The van der Waals surface area contributed by atoms with Gasteiger partial charge in [0.25, 0.3) is 0 Å². The molecule has 1 aromatic carbocycles. The molecule has 0 saturated carbocycles. The lowest BCUT2D eigenvalue weighted by Crippen LogP contribution is -2.52. The SMILES string of the molecule is C[C@@H]1CNCCN1CC(=O)NCc1cccc(Cl)c1. The molecule has 0 unspecified atom stereocenters. The van der Waals surface area contributed by atoms with Crippen molar-refractivity contribution < 1.29 is 4.79 Å². The highest BCUT2D eigenvalue weighted by atomic mass is 35.5. The molecule has 0 radical (unpaired) electrons. The average Bonchev–Trinajstić information content (AvgIpc) is 2.39. The Bertz CT molecular complexity index is 438. The second-order valence-corrected chi connectivity index (χ2v) is 5.37. The molecule has 1 atom stereocenters. The van der Waals surface area contributed by atoms with Crippen LogP contribution in [0, 0.1) is 0 Å². The van der Waals surface area contributed by atoms with Crippen LogP contribution in [0.3, 0.4) is 0 Å². The van der Waals surface area contributed by atoms with Crippen LogP contribution in [-0.2, 0) is 11.3 Å². The molecule has 0 aliphatic carbocycles. The monoisotopic (exact) mass is 281 g/mol. The quantitative estimate of drug-likeness (QED) is 0.873. The number of carbonyl (C=O) groups excluding carboxylic acids is 1. The van der Waals surface area contributed by atoms with Gasteiger partial charge in [-0.1, -0.05) is 23.7 Å². The number of nitrogens with one attached hydrogen (secondary N) is 2. The van der Waals surface area contributed by atoms with Crippen molar-refractivity contribution >= 4 is 17.5 Å². The first-order valence-electron chi connectivity index (χ1n) is 6.61. The van der Waals surface area contributed by atoms with E-state index < -0.39 is 0 Å². The first-order chi connectivity index (χ1) is 9.15. The Morgan fingerprint density at radius 2 is 2.42 bits per heavy atom. The third-order valence-electron chi connectivity index (χ3n) is 3.36. The summed E-state index contributed by atoms with van der Waals surface area (Å²) in [7, 11) is 0. The predicted octanol–water partition coefficient (Wildman–Crippen LogP) is 1.25. The smallest absolute Gasteiger partial charge is 0.234 e. The van der Waals surface area contributed by atoms with Crippen LogP contribution >= 0.6 is 11.6 Å². The number of hydrogen-bond donors (Lipinski definition) is 2. The Balaban J connectivity index is 1.78. The number of rotatable bonds is 4. The van der Waals surface area contributed by atoms with Crippen molar-refractivity contribution in [2.75, 3.05) is 26.2 Å². The topological polar surface area (TPSA) is 44.4 Å². The number of benzene rings is 1. The highest BCUT2D eigenvalue weighted by molar-refractivity contribution is 6.30. The molecule has 2 rings (SSSR count). The van der Waals surface area contributed by atoms with Gasteiger partial charge in [0.2, 0.25) is 5.91 Å². The van der Waals surface area contributed by atoms with Crippen LogP contribution in [0.1, 0.15) is 12.5 Å². The van der Waals surface area contributed by atoms with Gasteiger partial charge in [-0.15, -0.1) is 0 Å². The lowest BCUT2D eigenvalue weighted by Gasteiger charge is -2.33. The van der Waals surface area contributed by atoms with Gasteiger partial charge in [0, 0.05) is 37.2 Å². The van der Waals surface area contributed by atoms with Gasteiger partial charge >= 0.3 is 0 Å². The van der Waals surface area contributed by atoms with E-state index in [-0.39, 0.29) is 5.91 Å². The minimum Gasteiger partial charge on any atom is -0.351 e. The zero-order valence-corrected chi connectivity index (χ0v) is 11.9. The number of carbonyl (C=O) groups is 1. The number of halogens is 1. The molecular formula is C14H20ClN3O.